The fourth-order valence-corrected chi connectivity index (χ4v) is 1.95. The van der Waals surface area contributed by atoms with Gasteiger partial charge < -0.3 is 15.2 Å². The van der Waals surface area contributed by atoms with Gasteiger partial charge in [-0.3, -0.25) is 4.68 Å². The van der Waals surface area contributed by atoms with Gasteiger partial charge in [-0.2, -0.15) is 5.10 Å². The van der Waals surface area contributed by atoms with Crippen molar-refractivity contribution in [2.45, 2.75) is 19.9 Å². The van der Waals surface area contributed by atoms with Crippen molar-refractivity contribution in [2.24, 2.45) is 7.05 Å². The summed E-state index contributed by atoms with van der Waals surface area (Å²) < 4.78 is 7.04. The summed E-state index contributed by atoms with van der Waals surface area (Å²) in [5.41, 5.74) is 3.22. The van der Waals surface area contributed by atoms with E-state index in [0.717, 1.165) is 24.3 Å². The molecule has 0 bridgehead atoms. The zero-order valence-corrected chi connectivity index (χ0v) is 11.8. The molecule has 6 nitrogen and oxygen atoms in total. The van der Waals surface area contributed by atoms with Crippen LogP contribution in [0.15, 0.2) is 24.5 Å². The van der Waals surface area contributed by atoms with Crippen LogP contribution in [0.2, 0.25) is 0 Å². The Morgan fingerprint density at radius 3 is 2.90 bits per heavy atom. The molecular formula is C14H20N4O2. The molecule has 0 aliphatic rings. The van der Waals surface area contributed by atoms with E-state index in [0.29, 0.717) is 5.88 Å². The summed E-state index contributed by atoms with van der Waals surface area (Å²) in [5.74, 6) is 0.514. The van der Waals surface area contributed by atoms with Gasteiger partial charge in [-0.25, -0.2) is 4.98 Å². The van der Waals surface area contributed by atoms with Crippen LogP contribution in [-0.2, 0) is 20.0 Å². The Hall–Kier alpha value is -2.08. The molecule has 0 spiro atoms. The lowest BCUT2D eigenvalue weighted by Crippen LogP contribution is -2.04. The Morgan fingerprint density at radius 1 is 1.40 bits per heavy atom. The predicted molar refractivity (Wildman–Crippen MR) is 76.7 cm³/mol. The molecule has 0 radical (unpaired) electrons. The third-order valence-electron chi connectivity index (χ3n) is 2.89. The Bertz CT molecular complexity index is 537. The Labute approximate surface area is 118 Å². The molecule has 6 heteroatoms. The van der Waals surface area contributed by atoms with E-state index < -0.39 is 0 Å². The summed E-state index contributed by atoms with van der Waals surface area (Å²) in [7, 11) is 1.93. The molecule has 0 amide bonds. The number of anilines is 1. The average molecular weight is 276 g/mol. The molecule has 0 unspecified atom stereocenters. The Balaban J connectivity index is 1.93. The maximum atomic E-state index is 8.67. The van der Waals surface area contributed by atoms with E-state index in [9.17, 15) is 0 Å². The van der Waals surface area contributed by atoms with Crippen LogP contribution in [0, 0.1) is 0 Å². The quantitative estimate of drug-likeness (QED) is 0.799. The molecule has 2 rings (SSSR count). The Kier molecular flexibility index (Phi) is 4.95. The summed E-state index contributed by atoms with van der Waals surface area (Å²) in [4.78, 5) is 4.16. The number of hydrogen-bond donors (Lipinski definition) is 2. The van der Waals surface area contributed by atoms with E-state index in [4.69, 9.17) is 9.84 Å². The van der Waals surface area contributed by atoms with E-state index >= 15 is 0 Å². The molecule has 2 N–H and O–H groups in total. The third kappa shape index (κ3) is 3.71. The molecule has 2 heterocycles. The van der Waals surface area contributed by atoms with E-state index in [1.54, 1.807) is 12.3 Å². The van der Waals surface area contributed by atoms with E-state index in [-0.39, 0.29) is 13.2 Å². The van der Waals surface area contributed by atoms with E-state index in [2.05, 4.69) is 22.3 Å². The number of aromatic nitrogens is 3. The van der Waals surface area contributed by atoms with Crippen molar-refractivity contribution in [3.05, 3.63) is 35.8 Å². The molecule has 0 aromatic carbocycles. The summed E-state index contributed by atoms with van der Waals surface area (Å²) in [6.45, 7) is 3.06. The maximum Gasteiger partial charge on any atom is 0.213 e. The Morgan fingerprint density at radius 2 is 2.25 bits per heavy atom. The topological polar surface area (TPSA) is 72.2 Å². The molecule has 0 fully saturated rings. The van der Waals surface area contributed by atoms with Crippen LogP contribution in [-0.4, -0.2) is 33.1 Å². The van der Waals surface area contributed by atoms with Crippen LogP contribution in [0.25, 0.3) is 0 Å². The maximum absolute atomic E-state index is 8.67. The minimum atomic E-state index is -0.0114. The molecule has 0 aliphatic heterocycles. The highest BCUT2D eigenvalue weighted by molar-refractivity contribution is 5.43. The number of rotatable bonds is 7. The van der Waals surface area contributed by atoms with Gasteiger partial charge in [0.25, 0.3) is 0 Å². The number of pyridine rings is 1. The summed E-state index contributed by atoms with van der Waals surface area (Å²) >= 11 is 0. The normalized spacial score (nSPS) is 10.6. The molecular weight excluding hydrogens is 256 g/mol. The fraction of sp³-hybridized carbons (Fsp3) is 0.429. The molecule has 108 valence electrons. The van der Waals surface area contributed by atoms with Crippen LogP contribution in [0.1, 0.15) is 18.2 Å². The van der Waals surface area contributed by atoms with Gasteiger partial charge in [-0.15, -0.1) is 0 Å². The molecule has 0 atom stereocenters. The van der Waals surface area contributed by atoms with Crippen molar-refractivity contribution >= 4 is 5.69 Å². The second-order valence-corrected chi connectivity index (χ2v) is 4.44. The van der Waals surface area contributed by atoms with Gasteiger partial charge in [-0.05, 0) is 12.5 Å². The monoisotopic (exact) mass is 276 g/mol. The minimum absolute atomic E-state index is 0.0114. The van der Waals surface area contributed by atoms with Gasteiger partial charge >= 0.3 is 0 Å². The first kappa shape index (κ1) is 14.3. The largest absolute Gasteiger partial charge is 0.475 e. The van der Waals surface area contributed by atoms with Gasteiger partial charge in [0.1, 0.15) is 6.61 Å². The summed E-state index contributed by atoms with van der Waals surface area (Å²) in [6.07, 6.45) is 4.66. The number of nitrogens with one attached hydrogen (secondary N) is 1. The first-order valence-electron chi connectivity index (χ1n) is 6.68. The second kappa shape index (κ2) is 6.91. The average Bonchev–Trinajstić information content (AvgIpc) is 2.84. The predicted octanol–water partition coefficient (Wildman–Crippen LogP) is 1.36. The lowest BCUT2D eigenvalue weighted by molar-refractivity contribution is 0.196. The van der Waals surface area contributed by atoms with Gasteiger partial charge in [0.05, 0.1) is 24.2 Å². The summed E-state index contributed by atoms with van der Waals surface area (Å²) in [6, 6.07) is 3.68. The zero-order chi connectivity index (χ0) is 14.4. The zero-order valence-electron chi connectivity index (χ0n) is 11.8. The molecule has 0 saturated heterocycles. The molecule has 20 heavy (non-hydrogen) atoms. The van der Waals surface area contributed by atoms with E-state index in [1.807, 2.05) is 24.0 Å². The number of aryl methyl sites for hydroxylation is 2. The highest BCUT2D eigenvalue weighted by Gasteiger charge is 2.05. The van der Waals surface area contributed by atoms with Crippen molar-refractivity contribution in [1.29, 1.82) is 0 Å². The van der Waals surface area contributed by atoms with Crippen molar-refractivity contribution in [1.82, 2.24) is 14.8 Å². The van der Waals surface area contributed by atoms with Gasteiger partial charge in [0, 0.05) is 31.4 Å². The van der Waals surface area contributed by atoms with Crippen molar-refractivity contribution < 1.29 is 9.84 Å². The van der Waals surface area contributed by atoms with Gasteiger partial charge in [-0.1, -0.05) is 6.92 Å². The van der Waals surface area contributed by atoms with E-state index in [1.165, 1.54) is 5.56 Å². The number of aliphatic hydroxyl groups is 1. The minimum Gasteiger partial charge on any atom is -0.475 e. The first-order chi connectivity index (χ1) is 9.72. The number of hydrogen-bond acceptors (Lipinski definition) is 5. The number of ether oxygens (including phenoxy) is 1. The van der Waals surface area contributed by atoms with Crippen LogP contribution in [0.5, 0.6) is 5.88 Å². The fourth-order valence-electron chi connectivity index (χ4n) is 1.95. The van der Waals surface area contributed by atoms with Crippen LogP contribution in [0.3, 0.4) is 0 Å². The standard InChI is InChI=1S/C14H20N4O2/c1-3-13-11(10-18(2)17-13)8-15-12-4-5-14(16-9-12)20-7-6-19/h4-5,9-10,15,19H,3,6-8H2,1-2H3. The van der Waals surface area contributed by atoms with Gasteiger partial charge in [0.2, 0.25) is 5.88 Å². The molecule has 2 aromatic heterocycles. The molecule has 0 saturated carbocycles. The molecule has 2 aromatic rings. The number of nitrogens with zero attached hydrogens (tertiary/aromatic N) is 3. The third-order valence-corrected chi connectivity index (χ3v) is 2.89. The highest BCUT2D eigenvalue weighted by atomic mass is 16.5. The smallest absolute Gasteiger partial charge is 0.213 e. The lowest BCUT2D eigenvalue weighted by Gasteiger charge is -2.07. The number of aliphatic hydroxyl groups excluding tert-OH is 1. The molecule has 0 aliphatic carbocycles. The van der Waals surface area contributed by atoms with Crippen molar-refractivity contribution in [3.8, 4) is 5.88 Å². The van der Waals surface area contributed by atoms with Crippen LogP contribution in [0.4, 0.5) is 5.69 Å². The SMILES string of the molecule is CCc1nn(C)cc1CNc1ccc(OCCO)nc1. The van der Waals surface area contributed by atoms with Crippen molar-refractivity contribution in [2.75, 3.05) is 18.5 Å². The summed E-state index contributed by atoms with van der Waals surface area (Å²) in [5, 5.41) is 16.4. The van der Waals surface area contributed by atoms with Crippen molar-refractivity contribution in [3.63, 3.8) is 0 Å². The van der Waals surface area contributed by atoms with Crippen LogP contribution < -0.4 is 10.1 Å². The lowest BCUT2D eigenvalue weighted by atomic mass is 10.2. The second-order valence-electron chi connectivity index (χ2n) is 4.44. The van der Waals surface area contributed by atoms with Gasteiger partial charge in [0.15, 0.2) is 0 Å². The first-order valence-corrected chi connectivity index (χ1v) is 6.68. The highest BCUT2D eigenvalue weighted by Crippen LogP contribution is 2.14. The van der Waals surface area contributed by atoms with Crippen LogP contribution >= 0.6 is 0 Å².